The van der Waals surface area contributed by atoms with Gasteiger partial charge in [-0.15, -0.1) is 21.5 Å². The molecular formula is C22H27N7S. The molecule has 3 aromatic heterocycles. The van der Waals surface area contributed by atoms with Gasteiger partial charge in [-0.05, 0) is 42.8 Å². The third kappa shape index (κ3) is 4.88. The smallest absolute Gasteiger partial charge is 0.191 e. The molecule has 156 valence electrons. The molecule has 0 radical (unpaired) electrons. The zero-order valence-electron chi connectivity index (χ0n) is 17.4. The number of thiophene rings is 1. The molecule has 0 fully saturated rings. The Bertz CT molecular complexity index is 1110. The number of guanidine groups is 1. The molecule has 0 aliphatic carbocycles. The second-order valence-electron chi connectivity index (χ2n) is 7.18. The molecule has 3 heterocycles. The number of nitrogens with zero attached hydrogens (tertiary/aromatic N) is 4. The number of benzene rings is 1. The van der Waals surface area contributed by atoms with Crippen LogP contribution < -0.4 is 10.6 Å². The maximum Gasteiger partial charge on any atom is 0.191 e. The van der Waals surface area contributed by atoms with E-state index in [1.807, 2.05) is 18.5 Å². The van der Waals surface area contributed by atoms with Gasteiger partial charge in [-0.25, -0.2) is 4.99 Å². The van der Waals surface area contributed by atoms with Crippen molar-refractivity contribution in [2.75, 3.05) is 13.1 Å². The molecule has 0 aliphatic heterocycles. The lowest BCUT2D eigenvalue weighted by Gasteiger charge is -2.12. The molecule has 0 saturated carbocycles. The van der Waals surface area contributed by atoms with E-state index in [4.69, 9.17) is 4.99 Å². The number of H-pyrrole nitrogens is 1. The van der Waals surface area contributed by atoms with Crippen molar-refractivity contribution in [1.29, 1.82) is 0 Å². The Morgan fingerprint density at radius 2 is 1.93 bits per heavy atom. The minimum absolute atomic E-state index is 0.485. The Morgan fingerprint density at radius 3 is 2.70 bits per heavy atom. The van der Waals surface area contributed by atoms with Gasteiger partial charge in [-0.2, -0.15) is 0 Å². The van der Waals surface area contributed by atoms with Crippen molar-refractivity contribution < 1.29 is 0 Å². The molecule has 4 aromatic rings. The normalized spacial score (nSPS) is 11.9. The van der Waals surface area contributed by atoms with Crippen molar-refractivity contribution in [2.24, 2.45) is 12.0 Å². The van der Waals surface area contributed by atoms with Crippen LogP contribution in [-0.2, 0) is 26.4 Å². The van der Waals surface area contributed by atoms with Crippen LogP contribution in [0.1, 0.15) is 22.1 Å². The molecule has 30 heavy (non-hydrogen) atoms. The highest BCUT2D eigenvalue weighted by Crippen LogP contribution is 2.17. The first-order chi connectivity index (χ1) is 14.7. The van der Waals surface area contributed by atoms with E-state index >= 15 is 0 Å². The number of hydrogen-bond donors (Lipinski definition) is 3. The predicted octanol–water partition coefficient (Wildman–Crippen LogP) is 3.19. The summed E-state index contributed by atoms with van der Waals surface area (Å²) in [7, 11) is 1.97. The molecule has 0 aliphatic rings. The number of aryl methyl sites for hydroxylation is 1. The number of aromatic amines is 1. The topological polar surface area (TPSA) is 82.9 Å². The van der Waals surface area contributed by atoms with Gasteiger partial charge in [0, 0.05) is 42.1 Å². The van der Waals surface area contributed by atoms with E-state index < -0.39 is 0 Å². The lowest BCUT2D eigenvalue weighted by atomic mass is 10.1. The molecular weight excluding hydrogens is 394 g/mol. The van der Waals surface area contributed by atoms with Crippen LogP contribution in [0.3, 0.4) is 0 Å². The second-order valence-corrected chi connectivity index (χ2v) is 8.21. The Hall–Kier alpha value is -3.13. The van der Waals surface area contributed by atoms with Gasteiger partial charge in [0.25, 0.3) is 0 Å². The van der Waals surface area contributed by atoms with Gasteiger partial charge in [0.1, 0.15) is 12.4 Å². The molecule has 7 nitrogen and oxygen atoms in total. The van der Waals surface area contributed by atoms with E-state index in [1.165, 1.54) is 21.3 Å². The first-order valence-electron chi connectivity index (χ1n) is 10.1. The summed E-state index contributed by atoms with van der Waals surface area (Å²) in [6.07, 6.45) is 3.98. The van der Waals surface area contributed by atoms with Crippen LogP contribution in [0, 0.1) is 6.92 Å². The van der Waals surface area contributed by atoms with Crippen molar-refractivity contribution in [3.05, 3.63) is 70.1 Å². The summed E-state index contributed by atoms with van der Waals surface area (Å²) < 4.78 is 1.97. The molecule has 0 spiro atoms. The Kier molecular flexibility index (Phi) is 6.44. The monoisotopic (exact) mass is 421 g/mol. The van der Waals surface area contributed by atoms with E-state index in [0.717, 1.165) is 43.5 Å². The largest absolute Gasteiger partial charge is 0.361 e. The van der Waals surface area contributed by atoms with E-state index in [9.17, 15) is 0 Å². The average molecular weight is 422 g/mol. The van der Waals surface area contributed by atoms with Gasteiger partial charge in [0.15, 0.2) is 11.8 Å². The first kappa shape index (κ1) is 20.2. The minimum Gasteiger partial charge on any atom is -0.361 e. The molecule has 3 N–H and O–H groups in total. The fourth-order valence-electron chi connectivity index (χ4n) is 3.33. The van der Waals surface area contributed by atoms with Gasteiger partial charge >= 0.3 is 0 Å². The second kappa shape index (κ2) is 9.58. The predicted molar refractivity (Wildman–Crippen MR) is 123 cm³/mol. The molecule has 0 saturated heterocycles. The molecule has 8 heteroatoms. The number of aromatic nitrogens is 4. The maximum absolute atomic E-state index is 4.73. The molecule has 0 unspecified atom stereocenters. The third-order valence-electron chi connectivity index (χ3n) is 5.17. The lowest BCUT2D eigenvalue weighted by molar-refractivity contribution is 0.747. The third-order valence-corrected chi connectivity index (χ3v) is 6.10. The summed E-state index contributed by atoms with van der Waals surface area (Å²) in [5, 5.41) is 18.6. The van der Waals surface area contributed by atoms with E-state index in [0.29, 0.717) is 6.54 Å². The minimum atomic E-state index is 0.485. The van der Waals surface area contributed by atoms with Crippen molar-refractivity contribution in [3.63, 3.8) is 0 Å². The number of rotatable bonds is 8. The zero-order chi connectivity index (χ0) is 20.8. The highest BCUT2D eigenvalue weighted by atomic mass is 32.1. The highest BCUT2D eigenvalue weighted by molar-refractivity contribution is 7.09. The summed E-state index contributed by atoms with van der Waals surface area (Å²) in [5.74, 6) is 2.54. The fourth-order valence-corrected chi connectivity index (χ4v) is 4.03. The number of nitrogens with one attached hydrogen (secondary N) is 3. The van der Waals surface area contributed by atoms with Gasteiger partial charge in [0.05, 0.1) is 0 Å². The Labute approximate surface area is 180 Å². The molecule has 4 rings (SSSR count). The average Bonchev–Trinajstić information content (AvgIpc) is 3.49. The van der Waals surface area contributed by atoms with Gasteiger partial charge < -0.3 is 20.2 Å². The van der Waals surface area contributed by atoms with Crippen LogP contribution >= 0.6 is 11.3 Å². The van der Waals surface area contributed by atoms with Crippen LogP contribution in [0.2, 0.25) is 0 Å². The summed E-state index contributed by atoms with van der Waals surface area (Å²) in [4.78, 5) is 9.44. The molecule has 1 aromatic carbocycles. The van der Waals surface area contributed by atoms with E-state index in [1.54, 1.807) is 11.3 Å². The Balaban J connectivity index is 1.38. The van der Waals surface area contributed by atoms with E-state index in [2.05, 4.69) is 73.8 Å². The summed E-state index contributed by atoms with van der Waals surface area (Å²) >= 11 is 1.78. The zero-order valence-corrected chi connectivity index (χ0v) is 18.2. The molecule has 0 atom stereocenters. The number of para-hydroxylation sites is 1. The van der Waals surface area contributed by atoms with Gasteiger partial charge in [-0.1, -0.05) is 24.3 Å². The summed E-state index contributed by atoms with van der Waals surface area (Å²) in [6.45, 7) is 4.06. The summed E-state index contributed by atoms with van der Waals surface area (Å²) in [6, 6.07) is 12.6. The van der Waals surface area contributed by atoms with Crippen LogP contribution in [0.4, 0.5) is 0 Å². The van der Waals surface area contributed by atoms with Crippen LogP contribution in [0.25, 0.3) is 10.9 Å². The molecule has 0 bridgehead atoms. The summed E-state index contributed by atoms with van der Waals surface area (Å²) in [5.41, 5.74) is 2.48. The highest BCUT2D eigenvalue weighted by Gasteiger charge is 2.07. The van der Waals surface area contributed by atoms with E-state index in [-0.39, 0.29) is 0 Å². The number of fused-ring (bicyclic) bond motifs is 1. The first-order valence-corrected chi connectivity index (χ1v) is 11.0. The molecule has 0 amide bonds. The standard InChI is InChI=1S/C22H27N7S/c1-16-27-28-21(29(16)2)15-26-22(24-12-10-18-6-5-13-30-18)23-11-9-17-14-25-20-8-4-3-7-19(17)20/h3-8,13-14,25H,9-12,15H2,1-2H3,(H2,23,24,26). The van der Waals surface area contributed by atoms with Crippen molar-refractivity contribution in [1.82, 2.24) is 30.4 Å². The van der Waals surface area contributed by atoms with Crippen LogP contribution in [0.15, 0.2) is 53.0 Å². The number of hydrogen-bond acceptors (Lipinski definition) is 4. The van der Waals surface area contributed by atoms with Crippen molar-refractivity contribution in [3.8, 4) is 0 Å². The van der Waals surface area contributed by atoms with Crippen LogP contribution in [-0.4, -0.2) is 38.8 Å². The quantitative estimate of drug-likeness (QED) is 0.301. The van der Waals surface area contributed by atoms with Crippen molar-refractivity contribution in [2.45, 2.75) is 26.3 Å². The Morgan fingerprint density at radius 1 is 1.10 bits per heavy atom. The lowest BCUT2D eigenvalue weighted by Crippen LogP contribution is -2.39. The maximum atomic E-state index is 4.73. The SMILES string of the molecule is Cc1nnc(CN=C(NCCc2cccs2)NCCc2c[nH]c3ccccc23)n1C. The van der Waals surface area contributed by atoms with Crippen LogP contribution in [0.5, 0.6) is 0 Å². The van der Waals surface area contributed by atoms with Gasteiger partial charge in [0.2, 0.25) is 0 Å². The van der Waals surface area contributed by atoms with Crippen molar-refractivity contribution >= 4 is 28.2 Å². The number of aliphatic imine (C=N–C) groups is 1. The van der Waals surface area contributed by atoms with Gasteiger partial charge in [-0.3, -0.25) is 0 Å². The fraction of sp³-hybridized carbons (Fsp3) is 0.318.